The second-order valence-corrected chi connectivity index (χ2v) is 6.99. The molecule has 2 aliphatic rings. The summed E-state index contributed by atoms with van der Waals surface area (Å²) in [4.78, 5) is 26.7. The lowest BCUT2D eigenvalue weighted by Crippen LogP contribution is -2.52. The number of rotatable bonds is 1. The zero-order valence-corrected chi connectivity index (χ0v) is 12.8. The Labute approximate surface area is 131 Å². The number of ether oxygens (including phenoxy) is 1. The molecule has 114 valence electrons. The van der Waals surface area contributed by atoms with Crippen LogP contribution >= 0.6 is 11.3 Å². The lowest BCUT2D eigenvalue weighted by Gasteiger charge is -2.37. The third-order valence-electron chi connectivity index (χ3n) is 4.33. The van der Waals surface area contributed by atoms with Gasteiger partial charge in [-0.3, -0.25) is 4.79 Å². The maximum Gasteiger partial charge on any atom is 0.407 e. The van der Waals surface area contributed by atoms with Gasteiger partial charge in [0.15, 0.2) is 0 Å². The molecular weight excluding hydrogens is 300 g/mol. The van der Waals surface area contributed by atoms with Crippen LogP contribution in [0.25, 0.3) is 10.1 Å². The van der Waals surface area contributed by atoms with E-state index in [1.165, 1.54) is 11.3 Å². The highest BCUT2D eigenvalue weighted by Gasteiger charge is 2.45. The molecule has 0 aliphatic carbocycles. The molecule has 3 heterocycles. The molecule has 1 spiro atoms. The summed E-state index contributed by atoms with van der Waals surface area (Å²) < 4.78 is 6.54. The molecule has 0 unspecified atom stereocenters. The maximum atomic E-state index is 12.8. The van der Waals surface area contributed by atoms with Crippen molar-refractivity contribution in [3.8, 4) is 0 Å². The smallest absolute Gasteiger partial charge is 0.407 e. The van der Waals surface area contributed by atoms with E-state index in [0.717, 1.165) is 27.8 Å². The number of nitrogens with one attached hydrogen (secondary N) is 1. The summed E-state index contributed by atoms with van der Waals surface area (Å²) in [5.74, 6) is 0.0308. The topological polar surface area (TPSA) is 58.6 Å². The summed E-state index contributed by atoms with van der Waals surface area (Å²) >= 11 is 1.52. The monoisotopic (exact) mass is 316 g/mol. The van der Waals surface area contributed by atoms with Crippen molar-refractivity contribution in [1.82, 2.24) is 10.2 Å². The average Bonchev–Trinajstić information content (AvgIpc) is 3.10. The second kappa shape index (κ2) is 4.98. The van der Waals surface area contributed by atoms with Crippen molar-refractivity contribution in [1.29, 1.82) is 0 Å². The van der Waals surface area contributed by atoms with Crippen molar-refractivity contribution < 1.29 is 14.3 Å². The van der Waals surface area contributed by atoms with E-state index in [2.05, 4.69) is 5.32 Å². The van der Waals surface area contributed by atoms with Crippen molar-refractivity contribution >= 4 is 33.4 Å². The normalized spacial score (nSPS) is 24.5. The maximum absolute atomic E-state index is 12.8. The van der Waals surface area contributed by atoms with Crippen LogP contribution in [0.3, 0.4) is 0 Å². The molecule has 2 saturated heterocycles. The highest BCUT2D eigenvalue weighted by Crippen LogP contribution is 2.31. The Kier molecular flexibility index (Phi) is 3.07. The van der Waals surface area contributed by atoms with Crippen LogP contribution in [0.5, 0.6) is 0 Å². The minimum Gasteiger partial charge on any atom is -0.439 e. The van der Waals surface area contributed by atoms with Crippen LogP contribution < -0.4 is 5.32 Å². The fourth-order valence-corrected chi connectivity index (χ4v) is 4.27. The predicted octanol–water partition coefficient (Wildman–Crippen LogP) is 2.62. The average molecular weight is 316 g/mol. The molecule has 2 amide bonds. The number of hydrogen-bond acceptors (Lipinski definition) is 4. The van der Waals surface area contributed by atoms with Crippen LogP contribution in [0.4, 0.5) is 4.79 Å². The molecule has 6 heteroatoms. The van der Waals surface area contributed by atoms with Gasteiger partial charge >= 0.3 is 6.09 Å². The number of thiophene rings is 1. The molecule has 1 N–H and O–H groups in total. The molecule has 0 saturated carbocycles. The minimum atomic E-state index is -0.540. The van der Waals surface area contributed by atoms with Gasteiger partial charge in [-0.2, -0.15) is 0 Å². The lowest BCUT2D eigenvalue weighted by atomic mass is 9.93. The van der Waals surface area contributed by atoms with Crippen LogP contribution in [0, 0.1) is 0 Å². The zero-order valence-electron chi connectivity index (χ0n) is 12.0. The van der Waals surface area contributed by atoms with Gasteiger partial charge in [0.25, 0.3) is 5.91 Å². The standard InChI is InChI=1S/C16H16N2O3S/c19-14(13-8-11-4-1-2-5-12(11)22-13)18-7-3-6-16(10-18)9-17-15(20)21-16/h1-2,4-5,8H,3,6-7,9-10H2,(H,17,20)/t16-/m0/s1. The van der Waals surface area contributed by atoms with Gasteiger partial charge in [0.05, 0.1) is 18.0 Å². The van der Waals surface area contributed by atoms with Crippen LogP contribution in [-0.4, -0.2) is 42.1 Å². The Morgan fingerprint density at radius 3 is 3.00 bits per heavy atom. The van der Waals surface area contributed by atoms with Crippen LogP contribution in [0.1, 0.15) is 22.5 Å². The summed E-state index contributed by atoms with van der Waals surface area (Å²) in [7, 11) is 0. The number of hydrogen-bond donors (Lipinski definition) is 1. The Bertz CT molecular complexity index is 724. The van der Waals surface area contributed by atoms with Crippen molar-refractivity contribution in [2.24, 2.45) is 0 Å². The SMILES string of the molecule is O=C1NC[C@]2(CCCN(C(=O)c3cc4ccccc4s3)C2)O1. The molecule has 1 atom stereocenters. The molecule has 1 aromatic heterocycles. The number of piperidine rings is 1. The molecule has 0 bridgehead atoms. The molecule has 1 aromatic carbocycles. The fourth-order valence-electron chi connectivity index (χ4n) is 3.24. The van der Waals surface area contributed by atoms with Crippen molar-refractivity contribution in [3.05, 3.63) is 35.2 Å². The van der Waals surface area contributed by atoms with Gasteiger partial charge in [0.2, 0.25) is 0 Å². The third-order valence-corrected chi connectivity index (χ3v) is 5.43. The zero-order chi connectivity index (χ0) is 15.2. The fraction of sp³-hybridized carbons (Fsp3) is 0.375. The summed E-state index contributed by atoms with van der Waals surface area (Å²) in [5.41, 5.74) is -0.540. The van der Waals surface area contributed by atoms with E-state index in [1.54, 1.807) is 0 Å². The predicted molar refractivity (Wildman–Crippen MR) is 84.2 cm³/mol. The van der Waals surface area contributed by atoms with Gasteiger partial charge in [-0.15, -0.1) is 11.3 Å². The van der Waals surface area contributed by atoms with Gasteiger partial charge in [-0.05, 0) is 30.4 Å². The van der Waals surface area contributed by atoms with Crippen LogP contribution in [-0.2, 0) is 4.74 Å². The van der Waals surface area contributed by atoms with Crippen molar-refractivity contribution in [2.75, 3.05) is 19.6 Å². The summed E-state index contributed by atoms with van der Waals surface area (Å²) in [6, 6.07) is 9.94. The largest absolute Gasteiger partial charge is 0.439 e. The highest BCUT2D eigenvalue weighted by atomic mass is 32.1. The Hall–Kier alpha value is -2.08. The molecular formula is C16H16N2O3S. The Morgan fingerprint density at radius 1 is 1.36 bits per heavy atom. The van der Waals surface area contributed by atoms with E-state index in [0.29, 0.717) is 19.6 Å². The second-order valence-electron chi connectivity index (χ2n) is 5.90. The number of alkyl carbamates (subject to hydrolysis) is 1. The van der Waals surface area contributed by atoms with Gasteiger partial charge < -0.3 is 15.0 Å². The van der Waals surface area contributed by atoms with Crippen LogP contribution in [0.2, 0.25) is 0 Å². The summed E-state index contributed by atoms with van der Waals surface area (Å²) in [5, 5.41) is 3.80. The van der Waals surface area contributed by atoms with E-state index in [9.17, 15) is 9.59 Å². The van der Waals surface area contributed by atoms with Crippen LogP contribution in [0.15, 0.2) is 30.3 Å². The van der Waals surface area contributed by atoms with E-state index >= 15 is 0 Å². The van der Waals surface area contributed by atoms with E-state index < -0.39 is 5.60 Å². The van der Waals surface area contributed by atoms with E-state index in [1.807, 2.05) is 35.2 Å². The number of likely N-dealkylation sites (tertiary alicyclic amines) is 1. The molecule has 2 aromatic rings. The Morgan fingerprint density at radius 2 is 2.23 bits per heavy atom. The first-order valence-corrected chi connectivity index (χ1v) is 8.22. The van der Waals surface area contributed by atoms with Gasteiger partial charge in [-0.1, -0.05) is 18.2 Å². The number of nitrogens with zero attached hydrogens (tertiary/aromatic N) is 1. The number of benzene rings is 1. The summed E-state index contributed by atoms with van der Waals surface area (Å²) in [6.45, 7) is 1.67. The Balaban J connectivity index is 1.58. The van der Waals surface area contributed by atoms with Gasteiger partial charge in [0.1, 0.15) is 5.60 Å². The van der Waals surface area contributed by atoms with E-state index in [4.69, 9.17) is 4.74 Å². The lowest BCUT2D eigenvalue weighted by molar-refractivity contribution is -0.00486. The van der Waals surface area contributed by atoms with E-state index in [-0.39, 0.29) is 12.0 Å². The first-order chi connectivity index (χ1) is 10.7. The molecule has 4 rings (SSSR count). The molecule has 5 nitrogen and oxygen atoms in total. The van der Waals surface area contributed by atoms with Gasteiger partial charge in [0, 0.05) is 11.2 Å². The molecule has 22 heavy (non-hydrogen) atoms. The first-order valence-electron chi connectivity index (χ1n) is 7.40. The number of carbonyl (C=O) groups excluding carboxylic acids is 2. The van der Waals surface area contributed by atoms with Gasteiger partial charge in [-0.25, -0.2) is 4.79 Å². The summed E-state index contributed by atoms with van der Waals surface area (Å²) in [6.07, 6.45) is 1.28. The number of carbonyl (C=O) groups is 2. The van der Waals surface area contributed by atoms with Crippen molar-refractivity contribution in [2.45, 2.75) is 18.4 Å². The number of fused-ring (bicyclic) bond motifs is 1. The number of amides is 2. The highest BCUT2D eigenvalue weighted by molar-refractivity contribution is 7.20. The molecule has 0 radical (unpaired) electrons. The molecule has 2 aliphatic heterocycles. The third kappa shape index (κ3) is 2.23. The quantitative estimate of drug-likeness (QED) is 0.880. The minimum absolute atomic E-state index is 0.0308. The first kappa shape index (κ1) is 13.6. The molecule has 2 fully saturated rings. The van der Waals surface area contributed by atoms with Crippen molar-refractivity contribution in [3.63, 3.8) is 0 Å².